The second-order valence-corrected chi connectivity index (χ2v) is 4.38. The molecule has 1 aliphatic carbocycles. The average Bonchev–Trinajstić information content (AvgIpc) is 2.19. The molecule has 1 fully saturated rings. The van der Waals surface area contributed by atoms with Crippen LogP contribution in [0.15, 0.2) is 0 Å². The Hall–Kier alpha value is -1.06. The minimum absolute atomic E-state index is 0.260. The summed E-state index contributed by atoms with van der Waals surface area (Å²) in [5.41, 5.74) is 0. The van der Waals surface area contributed by atoms with E-state index in [0.717, 1.165) is 25.7 Å². The summed E-state index contributed by atoms with van der Waals surface area (Å²) in [7, 11) is 0. The molecule has 0 saturated heterocycles. The highest BCUT2D eigenvalue weighted by Crippen LogP contribution is 2.30. The predicted molar refractivity (Wildman–Crippen MR) is 58.7 cm³/mol. The second kappa shape index (κ2) is 5.87. The maximum atomic E-state index is 11.0. The molecule has 0 amide bonds. The minimum atomic E-state index is -0.308. The molecule has 0 spiro atoms. The van der Waals surface area contributed by atoms with Crippen molar-refractivity contribution in [3.63, 3.8) is 0 Å². The Morgan fingerprint density at radius 2 is 1.62 bits per heavy atom. The van der Waals surface area contributed by atoms with Crippen LogP contribution in [0.25, 0.3) is 0 Å². The van der Waals surface area contributed by atoms with Gasteiger partial charge < -0.3 is 9.47 Å². The lowest BCUT2D eigenvalue weighted by molar-refractivity contribution is -0.170. The van der Waals surface area contributed by atoms with E-state index in [-0.39, 0.29) is 24.1 Å². The highest BCUT2D eigenvalue weighted by Gasteiger charge is 2.34. The molecule has 1 rings (SSSR count). The highest BCUT2D eigenvalue weighted by atomic mass is 16.6. The number of ether oxygens (including phenoxy) is 2. The third kappa shape index (κ3) is 3.83. The van der Waals surface area contributed by atoms with Gasteiger partial charge in [0.25, 0.3) is 0 Å². The van der Waals surface area contributed by atoms with Crippen molar-refractivity contribution < 1.29 is 19.1 Å². The molecule has 16 heavy (non-hydrogen) atoms. The van der Waals surface area contributed by atoms with Crippen molar-refractivity contribution in [3.8, 4) is 0 Å². The minimum Gasteiger partial charge on any atom is -0.459 e. The van der Waals surface area contributed by atoms with Gasteiger partial charge >= 0.3 is 11.9 Å². The van der Waals surface area contributed by atoms with Crippen LogP contribution in [0.1, 0.15) is 46.5 Å². The summed E-state index contributed by atoms with van der Waals surface area (Å²) in [6, 6.07) is 0. The topological polar surface area (TPSA) is 52.6 Å². The molecule has 0 radical (unpaired) electrons. The van der Waals surface area contributed by atoms with Gasteiger partial charge in [-0.3, -0.25) is 9.59 Å². The Morgan fingerprint density at radius 3 is 2.12 bits per heavy atom. The van der Waals surface area contributed by atoms with Crippen molar-refractivity contribution in [3.05, 3.63) is 0 Å². The van der Waals surface area contributed by atoms with Gasteiger partial charge in [0.15, 0.2) is 0 Å². The van der Waals surface area contributed by atoms with Gasteiger partial charge in [-0.15, -0.1) is 0 Å². The summed E-state index contributed by atoms with van der Waals surface area (Å²) < 4.78 is 10.4. The normalized spacial score (nSPS) is 29.6. The van der Waals surface area contributed by atoms with Gasteiger partial charge in [-0.05, 0) is 25.2 Å². The van der Waals surface area contributed by atoms with Gasteiger partial charge in [0.2, 0.25) is 0 Å². The molecule has 3 atom stereocenters. The zero-order valence-electron chi connectivity index (χ0n) is 10.2. The average molecular weight is 228 g/mol. The predicted octanol–water partition coefficient (Wildman–Crippen LogP) is 2.06. The number of hydrogen-bond donors (Lipinski definition) is 0. The molecule has 3 unspecified atom stereocenters. The lowest BCUT2D eigenvalue weighted by Crippen LogP contribution is -2.39. The lowest BCUT2D eigenvalue weighted by atomic mass is 9.83. The van der Waals surface area contributed by atoms with Crippen LogP contribution in [0.4, 0.5) is 0 Å². The molecule has 0 aromatic rings. The van der Waals surface area contributed by atoms with Crippen LogP contribution >= 0.6 is 0 Å². The maximum Gasteiger partial charge on any atom is 0.303 e. The van der Waals surface area contributed by atoms with Crippen LogP contribution in [0.5, 0.6) is 0 Å². The van der Waals surface area contributed by atoms with Crippen molar-refractivity contribution in [2.75, 3.05) is 0 Å². The molecular formula is C12H20O4. The third-order valence-electron chi connectivity index (χ3n) is 3.05. The first-order valence-corrected chi connectivity index (χ1v) is 5.87. The summed E-state index contributed by atoms with van der Waals surface area (Å²) in [5, 5.41) is 0. The van der Waals surface area contributed by atoms with Gasteiger partial charge in [0.1, 0.15) is 12.2 Å². The SMILES string of the molecule is CCC1CCC(OC(C)=O)C(OC(C)=O)C1. The number of rotatable bonds is 3. The molecule has 1 saturated carbocycles. The number of carbonyl (C=O) groups excluding carboxylic acids is 2. The monoisotopic (exact) mass is 228 g/mol. The molecule has 92 valence electrons. The van der Waals surface area contributed by atoms with Crippen molar-refractivity contribution in [2.45, 2.75) is 58.7 Å². The summed E-state index contributed by atoms with van der Waals surface area (Å²) >= 11 is 0. The fourth-order valence-corrected chi connectivity index (χ4v) is 2.24. The summed E-state index contributed by atoms with van der Waals surface area (Å²) in [6.07, 6.45) is 3.17. The molecule has 0 bridgehead atoms. The highest BCUT2D eigenvalue weighted by molar-refractivity contribution is 5.67. The smallest absolute Gasteiger partial charge is 0.303 e. The van der Waals surface area contributed by atoms with E-state index >= 15 is 0 Å². The zero-order chi connectivity index (χ0) is 12.1. The standard InChI is InChI=1S/C12H20O4/c1-4-10-5-6-11(15-8(2)13)12(7-10)16-9(3)14/h10-12H,4-7H2,1-3H3. The number of esters is 2. The van der Waals surface area contributed by atoms with Crippen molar-refractivity contribution in [1.82, 2.24) is 0 Å². The van der Waals surface area contributed by atoms with Crippen LogP contribution in [0.2, 0.25) is 0 Å². The number of carbonyl (C=O) groups is 2. The Kier molecular flexibility index (Phi) is 4.77. The van der Waals surface area contributed by atoms with E-state index in [4.69, 9.17) is 9.47 Å². The fourth-order valence-electron chi connectivity index (χ4n) is 2.24. The Morgan fingerprint density at radius 1 is 1.06 bits per heavy atom. The molecule has 0 aromatic carbocycles. The van der Waals surface area contributed by atoms with Gasteiger partial charge in [-0.25, -0.2) is 0 Å². The first-order chi connectivity index (χ1) is 7.52. The van der Waals surface area contributed by atoms with Gasteiger partial charge in [-0.1, -0.05) is 13.3 Å². The largest absolute Gasteiger partial charge is 0.459 e. The lowest BCUT2D eigenvalue weighted by Gasteiger charge is -2.34. The molecule has 0 aromatic heterocycles. The van der Waals surface area contributed by atoms with E-state index < -0.39 is 0 Å². The molecule has 4 nitrogen and oxygen atoms in total. The summed E-state index contributed by atoms with van der Waals surface area (Å²) in [5.74, 6) is -0.0489. The third-order valence-corrected chi connectivity index (χ3v) is 3.05. The zero-order valence-corrected chi connectivity index (χ0v) is 10.2. The Bertz CT molecular complexity index is 262. The summed E-state index contributed by atoms with van der Waals surface area (Å²) in [6.45, 7) is 4.90. The number of hydrogen-bond acceptors (Lipinski definition) is 4. The van der Waals surface area contributed by atoms with E-state index in [0.29, 0.717) is 5.92 Å². The fraction of sp³-hybridized carbons (Fsp3) is 0.833. The van der Waals surface area contributed by atoms with E-state index in [1.165, 1.54) is 13.8 Å². The first-order valence-electron chi connectivity index (χ1n) is 5.87. The van der Waals surface area contributed by atoms with E-state index in [1.54, 1.807) is 0 Å². The molecule has 0 aliphatic heterocycles. The van der Waals surface area contributed by atoms with E-state index in [1.807, 2.05) is 0 Å². The van der Waals surface area contributed by atoms with Crippen LogP contribution in [0, 0.1) is 5.92 Å². The van der Waals surface area contributed by atoms with Crippen molar-refractivity contribution in [2.24, 2.45) is 5.92 Å². The van der Waals surface area contributed by atoms with Gasteiger partial charge in [0.05, 0.1) is 0 Å². The molecule has 0 heterocycles. The molecule has 4 heteroatoms. The first kappa shape index (κ1) is 13.0. The second-order valence-electron chi connectivity index (χ2n) is 4.38. The quantitative estimate of drug-likeness (QED) is 0.694. The molecule has 0 N–H and O–H groups in total. The summed E-state index contributed by atoms with van der Waals surface area (Å²) in [4.78, 5) is 21.9. The van der Waals surface area contributed by atoms with Crippen LogP contribution < -0.4 is 0 Å². The van der Waals surface area contributed by atoms with Crippen molar-refractivity contribution in [1.29, 1.82) is 0 Å². The van der Waals surface area contributed by atoms with Crippen LogP contribution in [0.3, 0.4) is 0 Å². The van der Waals surface area contributed by atoms with Crippen LogP contribution in [-0.4, -0.2) is 24.1 Å². The van der Waals surface area contributed by atoms with Gasteiger partial charge in [-0.2, -0.15) is 0 Å². The van der Waals surface area contributed by atoms with Gasteiger partial charge in [0, 0.05) is 13.8 Å². The van der Waals surface area contributed by atoms with Crippen molar-refractivity contribution >= 4 is 11.9 Å². The molecule has 1 aliphatic rings. The van der Waals surface area contributed by atoms with E-state index in [2.05, 4.69) is 6.92 Å². The van der Waals surface area contributed by atoms with Crippen LogP contribution in [-0.2, 0) is 19.1 Å². The Labute approximate surface area is 96.3 Å². The van der Waals surface area contributed by atoms with E-state index in [9.17, 15) is 9.59 Å². The Balaban J connectivity index is 2.59. The maximum absolute atomic E-state index is 11.0. The molecular weight excluding hydrogens is 208 g/mol.